The summed E-state index contributed by atoms with van der Waals surface area (Å²) in [6, 6.07) is 2.88. The molecular formula is C17H27N3. The molecule has 0 amide bonds. The van der Waals surface area contributed by atoms with E-state index in [2.05, 4.69) is 25.2 Å². The minimum Gasteiger partial charge on any atom is -0.308 e. The Balaban J connectivity index is 1.70. The number of nitrogens with one attached hydrogen (secondary N) is 1. The number of nitrogens with zero attached hydrogens (tertiary/aromatic N) is 2. The third-order valence-electron chi connectivity index (χ3n) is 4.80. The van der Waals surface area contributed by atoms with E-state index >= 15 is 0 Å². The van der Waals surface area contributed by atoms with Crippen molar-refractivity contribution < 1.29 is 0 Å². The van der Waals surface area contributed by atoms with Crippen LogP contribution in [0.4, 0.5) is 0 Å². The van der Waals surface area contributed by atoms with E-state index in [0.717, 1.165) is 30.0 Å². The van der Waals surface area contributed by atoms with Crippen LogP contribution in [0.3, 0.4) is 0 Å². The second-order valence-corrected chi connectivity index (χ2v) is 6.65. The highest BCUT2D eigenvalue weighted by Gasteiger charge is 2.25. The number of rotatable bonds is 5. The lowest BCUT2D eigenvalue weighted by atomic mass is 9.80. The standard InChI is InChI=1S/C17H27N3/c1-3-13-5-4-6-14(10-13)17-19-12(2)9-16(20-17)11-18-15-7-8-15/h9,13-15,18H,3-8,10-11H2,1-2H3. The molecule has 3 nitrogen and oxygen atoms in total. The van der Waals surface area contributed by atoms with Crippen LogP contribution in [0.25, 0.3) is 0 Å². The van der Waals surface area contributed by atoms with Gasteiger partial charge in [-0.3, -0.25) is 0 Å². The molecule has 1 heterocycles. The van der Waals surface area contributed by atoms with Crippen LogP contribution >= 0.6 is 0 Å². The van der Waals surface area contributed by atoms with Crippen LogP contribution in [-0.2, 0) is 6.54 Å². The SMILES string of the molecule is CCC1CCCC(c2nc(C)cc(CNC3CC3)n2)C1. The molecule has 1 aromatic heterocycles. The summed E-state index contributed by atoms with van der Waals surface area (Å²) in [5.41, 5.74) is 2.30. The van der Waals surface area contributed by atoms with Gasteiger partial charge in [0.25, 0.3) is 0 Å². The van der Waals surface area contributed by atoms with Gasteiger partial charge in [-0.15, -0.1) is 0 Å². The number of hydrogen-bond donors (Lipinski definition) is 1. The molecule has 0 aliphatic heterocycles. The van der Waals surface area contributed by atoms with Gasteiger partial charge in [-0.1, -0.05) is 26.2 Å². The molecule has 2 unspecified atom stereocenters. The first-order chi connectivity index (χ1) is 9.74. The molecule has 0 spiro atoms. The molecule has 2 saturated carbocycles. The van der Waals surface area contributed by atoms with E-state index < -0.39 is 0 Å². The van der Waals surface area contributed by atoms with Crippen LogP contribution in [0, 0.1) is 12.8 Å². The molecule has 0 aromatic carbocycles. The van der Waals surface area contributed by atoms with Gasteiger partial charge in [0.1, 0.15) is 5.82 Å². The third-order valence-corrected chi connectivity index (χ3v) is 4.80. The lowest BCUT2D eigenvalue weighted by Gasteiger charge is -2.27. The highest BCUT2D eigenvalue weighted by Crippen LogP contribution is 2.36. The van der Waals surface area contributed by atoms with Gasteiger partial charge in [0.2, 0.25) is 0 Å². The first-order valence-electron chi connectivity index (χ1n) is 8.32. The van der Waals surface area contributed by atoms with E-state index in [-0.39, 0.29) is 0 Å². The smallest absolute Gasteiger partial charge is 0.131 e. The Hall–Kier alpha value is -0.960. The summed E-state index contributed by atoms with van der Waals surface area (Å²) >= 11 is 0. The van der Waals surface area contributed by atoms with Gasteiger partial charge < -0.3 is 5.32 Å². The molecule has 2 atom stereocenters. The molecule has 0 bridgehead atoms. The van der Waals surface area contributed by atoms with Crippen LogP contribution < -0.4 is 5.32 Å². The molecule has 2 fully saturated rings. The summed E-state index contributed by atoms with van der Waals surface area (Å²) in [6.45, 7) is 5.33. The van der Waals surface area contributed by atoms with Crippen LogP contribution in [0.1, 0.15) is 75.0 Å². The fourth-order valence-corrected chi connectivity index (χ4v) is 3.36. The number of hydrogen-bond acceptors (Lipinski definition) is 3. The highest BCUT2D eigenvalue weighted by molar-refractivity contribution is 5.13. The summed E-state index contributed by atoms with van der Waals surface area (Å²) in [5, 5.41) is 3.56. The Labute approximate surface area is 122 Å². The van der Waals surface area contributed by atoms with Crippen molar-refractivity contribution in [3.63, 3.8) is 0 Å². The summed E-state index contributed by atoms with van der Waals surface area (Å²) in [7, 11) is 0. The number of aromatic nitrogens is 2. The van der Waals surface area contributed by atoms with Gasteiger partial charge in [-0.25, -0.2) is 9.97 Å². The molecule has 3 heteroatoms. The monoisotopic (exact) mass is 273 g/mol. The van der Waals surface area contributed by atoms with Crippen LogP contribution in [0.15, 0.2) is 6.07 Å². The maximum atomic E-state index is 4.85. The highest BCUT2D eigenvalue weighted by atomic mass is 15.0. The molecular weight excluding hydrogens is 246 g/mol. The quantitative estimate of drug-likeness (QED) is 0.888. The zero-order chi connectivity index (χ0) is 13.9. The molecule has 1 aromatic rings. The van der Waals surface area contributed by atoms with Gasteiger partial charge in [0.05, 0.1) is 5.69 Å². The zero-order valence-corrected chi connectivity index (χ0v) is 12.9. The molecule has 0 saturated heterocycles. The summed E-state index contributed by atoms with van der Waals surface area (Å²) < 4.78 is 0. The molecule has 0 radical (unpaired) electrons. The van der Waals surface area contributed by atoms with E-state index in [0.29, 0.717) is 5.92 Å². The average molecular weight is 273 g/mol. The molecule has 20 heavy (non-hydrogen) atoms. The first kappa shape index (κ1) is 14.0. The Bertz CT molecular complexity index is 454. The summed E-state index contributed by atoms with van der Waals surface area (Å²) in [4.78, 5) is 9.58. The maximum Gasteiger partial charge on any atom is 0.131 e. The lowest BCUT2D eigenvalue weighted by Crippen LogP contribution is -2.20. The third kappa shape index (κ3) is 3.57. The van der Waals surface area contributed by atoms with Crippen molar-refractivity contribution in [2.24, 2.45) is 5.92 Å². The van der Waals surface area contributed by atoms with Crippen molar-refractivity contribution in [2.75, 3.05) is 0 Å². The predicted molar refractivity (Wildman–Crippen MR) is 81.6 cm³/mol. The fourth-order valence-electron chi connectivity index (χ4n) is 3.36. The van der Waals surface area contributed by atoms with Gasteiger partial charge in [-0.2, -0.15) is 0 Å². The number of aryl methyl sites for hydroxylation is 1. The van der Waals surface area contributed by atoms with E-state index in [1.54, 1.807) is 0 Å². The topological polar surface area (TPSA) is 37.8 Å². The molecule has 110 valence electrons. The van der Waals surface area contributed by atoms with E-state index in [4.69, 9.17) is 9.97 Å². The normalized spacial score (nSPS) is 26.7. The van der Waals surface area contributed by atoms with Crippen molar-refractivity contribution in [2.45, 2.75) is 77.3 Å². The van der Waals surface area contributed by atoms with Crippen molar-refractivity contribution >= 4 is 0 Å². The second kappa shape index (κ2) is 6.21. The van der Waals surface area contributed by atoms with E-state index in [1.165, 1.54) is 50.6 Å². The van der Waals surface area contributed by atoms with Crippen molar-refractivity contribution in [1.29, 1.82) is 0 Å². The molecule has 2 aliphatic rings. The molecule has 3 rings (SSSR count). The van der Waals surface area contributed by atoms with Crippen LogP contribution in [-0.4, -0.2) is 16.0 Å². The van der Waals surface area contributed by atoms with Crippen molar-refractivity contribution in [1.82, 2.24) is 15.3 Å². The minimum absolute atomic E-state index is 0.591. The Morgan fingerprint density at radius 1 is 1.20 bits per heavy atom. The Kier molecular flexibility index (Phi) is 4.35. The van der Waals surface area contributed by atoms with Crippen molar-refractivity contribution in [3.05, 3.63) is 23.3 Å². The Morgan fingerprint density at radius 3 is 2.80 bits per heavy atom. The second-order valence-electron chi connectivity index (χ2n) is 6.65. The van der Waals surface area contributed by atoms with Gasteiger partial charge in [0, 0.05) is 24.2 Å². The molecule has 2 aliphatic carbocycles. The van der Waals surface area contributed by atoms with Crippen molar-refractivity contribution in [3.8, 4) is 0 Å². The largest absolute Gasteiger partial charge is 0.308 e. The zero-order valence-electron chi connectivity index (χ0n) is 12.9. The van der Waals surface area contributed by atoms with Gasteiger partial charge in [-0.05, 0) is 44.6 Å². The van der Waals surface area contributed by atoms with Gasteiger partial charge in [0.15, 0.2) is 0 Å². The summed E-state index contributed by atoms with van der Waals surface area (Å²) in [6.07, 6.45) is 9.27. The predicted octanol–water partition coefficient (Wildman–Crippen LogP) is 3.72. The van der Waals surface area contributed by atoms with Crippen LogP contribution in [0.5, 0.6) is 0 Å². The Morgan fingerprint density at radius 2 is 2.05 bits per heavy atom. The van der Waals surface area contributed by atoms with E-state index in [9.17, 15) is 0 Å². The minimum atomic E-state index is 0.591. The lowest BCUT2D eigenvalue weighted by molar-refractivity contribution is 0.306. The van der Waals surface area contributed by atoms with E-state index in [1.807, 2.05) is 0 Å². The van der Waals surface area contributed by atoms with Crippen LogP contribution in [0.2, 0.25) is 0 Å². The first-order valence-corrected chi connectivity index (χ1v) is 8.32. The van der Waals surface area contributed by atoms with Gasteiger partial charge >= 0.3 is 0 Å². The average Bonchev–Trinajstić information content (AvgIpc) is 3.29. The fraction of sp³-hybridized carbons (Fsp3) is 0.765. The summed E-state index contributed by atoms with van der Waals surface area (Å²) in [5.74, 6) is 2.58. The molecule has 1 N–H and O–H groups in total. The maximum absolute atomic E-state index is 4.85.